The predicted molar refractivity (Wildman–Crippen MR) is 60.6 cm³/mol. The van der Waals surface area contributed by atoms with Crippen LogP contribution in [0.4, 0.5) is 0 Å². The van der Waals surface area contributed by atoms with Gasteiger partial charge in [-0.15, -0.1) is 11.6 Å². The SMILES string of the molecule is CC(C)C(CCl)CCc1cnn(C)c1. The third-order valence-electron chi connectivity index (χ3n) is 2.70. The first-order valence-corrected chi connectivity index (χ1v) is 5.70. The molecule has 3 heteroatoms. The molecule has 14 heavy (non-hydrogen) atoms. The summed E-state index contributed by atoms with van der Waals surface area (Å²) in [4.78, 5) is 0. The Kier molecular flexibility index (Phi) is 4.46. The summed E-state index contributed by atoms with van der Waals surface area (Å²) in [6.07, 6.45) is 6.26. The molecule has 1 atom stereocenters. The molecule has 0 fully saturated rings. The second-order valence-corrected chi connectivity index (χ2v) is 4.53. The van der Waals surface area contributed by atoms with Crippen LogP contribution in [0, 0.1) is 11.8 Å². The molecule has 1 heterocycles. The van der Waals surface area contributed by atoms with E-state index in [0.717, 1.165) is 18.7 Å². The quantitative estimate of drug-likeness (QED) is 0.690. The van der Waals surface area contributed by atoms with E-state index in [-0.39, 0.29) is 0 Å². The molecule has 0 saturated heterocycles. The topological polar surface area (TPSA) is 17.8 Å². The van der Waals surface area contributed by atoms with Gasteiger partial charge in [-0.05, 0) is 30.2 Å². The summed E-state index contributed by atoms with van der Waals surface area (Å²) in [5.74, 6) is 2.05. The largest absolute Gasteiger partial charge is 0.276 e. The molecule has 0 N–H and O–H groups in total. The molecule has 1 aromatic rings. The fourth-order valence-corrected chi connectivity index (χ4v) is 2.05. The fourth-order valence-electron chi connectivity index (χ4n) is 1.54. The van der Waals surface area contributed by atoms with Gasteiger partial charge in [-0.1, -0.05) is 13.8 Å². The van der Waals surface area contributed by atoms with Gasteiger partial charge in [-0.2, -0.15) is 5.10 Å². The van der Waals surface area contributed by atoms with Crippen LogP contribution in [0.5, 0.6) is 0 Å². The highest BCUT2D eigenvalue weighted by atomic mass is 35.5. The minimum Gasteiger partial charge on any atom is -0.276 e. The number of hydrogen-bond donors (Lipinski definition) is 0. The number of alkyl halides is 1. The molecule has 2 nitrogen and oxygen atoms in total. The first-order valence-electron chi connectivity index (χ1n) is 5.17. The molecule has 80 valence electrons. The van der Waals surface area contributed by atoms with Crippen LogP contribution in [0.1, 0.15) is 25.8 Å². The summed E-state index contributed by atoms with van der Waals surface area (Å²) in [5.41, 5.74) is 1.31. The van der Waals surface area contributed by atoms with Crippen molar-refractivity contribution in [1.82, 2.24) is 9.78 Å². The zero-order valence-electron chi connectivity index (χ0n) is 9.20. The number of nitrogens with zero attached hydrogens (tertiary/aromatic N) is 2. The summed E-state index contributed by atoms with van der Waals surface area (Å²) in [6, 6.07) is 0. The van der Waals surface area contributed by atoms with Crippen LogP contribution in [0.2, 0.25) is 0 Å². The van der Waals surface area contributed by atoms with Gasteiger partial charge in [0, 0.05) is 19.1 Å². The van der Waals surface area contributed by atoms with Crippen LogP contribution in [0.3, 0.4) is 0 Å². The Balaban J connectivity index is 2.39. The predicted octanol–water partition coefficient (Wildman–Crippen LogP) is 2.86. The molecular formula is C11H19ClN2. The standard InChI is InChI=1S/C11H19ClN2/c1-9(2)11(6-12)5-4-10-7-13-14(3)8-10/h7-9,11H,4-6H2,1-3H3. The maximum absolute atomic E-state index is 5.91. The highest BCUT2D eigenvalue weighted by Gasteiger charge is 2.12. The molecule has 0 aliphatic heterocycles. The Morgan fingerprint density at radius 2 is 2.21 bits per heavy atom. The Hall–Kier alpha value is -0.500. The van der Waals surface area contributed by atoms with Crippen molar-refractivity contribution in [2.24, 2.45) is 18.9 Å². The molecule has 0 saturated carbocycles. The molecule has 0 amide bonds. The first kappa shape index (κ1) is 11.6. The summed E-state index contributed by atoms with van der Waals surface area (Å²) in [5, 5.41) is 4.15. The van der Waals surface area contributed by atoms with E-state index in [1.54, 1.807) is 0 Å². The summed E-state index contributed by atoms with van der Waals surface area (Å²) >= 11 is 5.91. The normalized spacial score (nSPS) is 13.5. The monoisotopic (exact) mass is 214 g/mol. The van der Waals surface area contributed by atoms with Crippen molar-refractivity contribution in [3.63, 3.8) is 0 Å². The maximum Gasteiger partial charge on any atom is 0.0521 e. The average Bonchev–Trinajstić information content (AvgIpc) is 2.52. The molecule has 0 aliphatic rings. The van der Waals surface area contributed by atoms with Gasteiger partial charge in [0.1, 0.15) is 0 Å². The Labute approximate surface area is 91.3 Å². The van der Waals surface area contributed by atoms with Gasteiger partial charge in [-0.3, -0.25) is 4.68 Å². The van der Waals surface area contributed by atoms with Crippen molar-refractivity contribution in [1.29, 1.82) is 0 Å². The van der Waals surface area contributed by atoms with Gasteiger partial charge in [0.2, 0.25) is 0 Å². The van der Waals surface area contributed by atoms with Crippen LogP contribution in [-0.4, -0.2) is 15.7 Å². The zero-order chi connectivity index (χ0) is 10.6. The van der Waals surface area contributed by atoms with Crippen molar-refractivity contribution in [2.75, 3.05) is 5.88 Å². The molecule has 0 aromatic carbocycles. The molecule has 0 bridgehead atoms. The molecule has 0 radical (unpaired) electrons. The van der Waals surface area contributed by atoms with Crippen molar-refractivity contribution in [2.45, 2.75) is 26.7 Å². The van der Waals surface area contributed by atoms with Gasteiger partial charge in [-0.25, -0.2) is 0 Å². The van der Waals surface area contributed by atoms with E-state index >= 15 is 0 Å². The lowest BCUT2D eigenvalue weighted by Crippen LogP contribution is -2.11. The Morgan fingerprint density at radius 3 is 2.64 bits per heavy atom. The average molecular weight is 215 g/mol. The molecular weight excluding hydrogens is 196 g/mol. The highest BCUT2D eigenvalue weighted by molar-refractivity contribution is 6.18. The van der Waals surface area contributed by atoms with Crippen LogP contribution in [-0.2, 0) is 13.5 Å². The van der Waals surface area contributed by atoms with Gasteiger partial charge >= 0.3 is 0 Å². The second kappa shape index (κ2) is 5.40. The third-order valence-corrected chi connectivity index (χ3v) is 3.10. The minimum atomic E-state index is 0.622. The molecule has 1 rings (SSSR count). The number of hydrogen-bond acceptors (Lipinski definition) is 1. The highest BCUT2D eigenvalue weighted by Crippen LogP contribution is 2.19. The van der Waals surface area contributed by atoms with E-state index in [9.17, 15) is 0 Å². The van der Waals surface area contributed by atoms with Crippen LogP contribution in [0.25, 0.3) is 0 Å². The molecule has 1 aromatic heterocycles. The minimum absolute atomic E-state index is 0.622. The van der Waals surface area contributed by atoms with Gasteiger partial charge < -0.3 is 0 Å². The summed E-state index contributed by atoms with van der Waals surface area (Å²) in [7, 11) is 1.95. The number of halogens is 1. The van der Waals surface area contributed by atoms with Crippen molar-refractivity contribution >= 4 is 11.6 Å². The van der Waals surface area contributed by atoms with Crippen LogP contribution < -0.4 is 0 Å². The molecule has 0 aliphatic carbocycles. The number of aryl methyl sites for hydroxylation is 2. The lowest BCUT2D eigenvalue weighted by molar-refractivity contribution is 0.397. The fraction of sp³-hybridized carbons (Fsp3) is 0.727. The van der Waals surface area contributed by atoms with Gasteiger partial charge in [0.25, 0.3) is 0 Å². The van der Waals surface area contributed by atoms with Crippen molar-refractivity contribution in [3.05, 3.63) is 18.0 Å². The van der Waals surface area contributed by atoms with Crippen LogP contribution in [0.15, 0.2) is 12.4 Å². The lowest BCUT2D eigenvalue weighted by atomic mass is 9.92. The lowest BCUT2D eigenvalue weighted by Gasteiger charge is -2.16. The summed E-state index contributed by atoms with van der Waals surface area (Å²) in [6.45, 7) is 4.46. The smallest absolute Gasteiger partial charge is 0.0521 e. The maximum atomic E-state index is 5.91. The van der Waals surface area contributed by atoms with E-state index in [1.165, 1.54) is 5.56 Å². The number of rotatable bonds is 5. The Morgan fingerprint density at radius 1 is 1.50 bits per heavy atom. The molecule has 1 unspecified atom stereocenters. The molecule has 0 spiro atoms. The van der Waals surface area contributed by atoms with E-state index < -0.39 is 0 Å². The van der Waals surface area contributed by atoms with E-state index in [4.69, 9.17) is 11.6 Å². The van der Waals surface area contributed by atoms with E-state index in [0.29, 0.717) is 11.8 Å². The van der Waals surface area contributed by atoms with E-state index in [2.05, 4.69) is 25.1 Å². The van der Waals surface area contributed by atoms with Gasteiger partial charge in [0.05, 0.1) is 6.20 Å². The van der Waals surface area contributed by atoms with Gasteiger partial charge in [0.15, 0.2) is 0 Å². The third kappa shape index (κ3) is 3.33. The van der Waals surface area contributed by atoms with Crippen LogP contribution >= 0.6 is 11.6 Å². The summed E-state index contributed by atoms with van der Waals surface area (Å²) < 4.78 is 1.85. The first-order chi connectivity index (χ1) is 6.63. The number of aromatic nitrogens is 2. The zero-order valence-corrected chi connectivity index (χ0v) is 9.96. The van der Waals surface area contributed by atoms with E-state index in [1.807, 2.05) is 17.9 Å². The van der Waals surface area contributed by atoms with Crippen molar-refractivity contribution in [3.8, 4) is 0 Å². The second-order valence-electron chi connectivity index (χ2n) is 4.22. The Bertz CT molecular complexity index is 268. The van der Waals surface area contributed by atoms with Crippen molar-refractivity contribution < 1.29 is 0 Å².